The smallest absolute Gasteiger partial charge is 0.411 e. The third kappa shape index (κ3) is 19.7. The first-order valence-electron chi connectivity index (χ1n) is 31.9. The number of carbonyl (C=O) groups is 6. The molecule has 3 fully saturated rings. The lowest BCUT2D eigenvalue weighted by Gasteiger charge is -2.27. The molecule has 3 saturated heterocycles. The number of methoxy groups -OCH3 is 2. The monoisotopic (exact) mass is 1330 g/mol. The number of hydrogen-bond donors (Lipinski definition) is 1. The molecule has 2 aromatic heterocycles. The SMILES string of the molecule is C(#Cc1ccccc1)c1ccccc1.CC(C)(C)OC(=O)N1C[C@H](n2nnc(-c3ccccc3)c2-c2ccccc2)C[C@H]1C(=O)O.COC(=O)[C@@H]1C[C@@H](N=[N+]=[N-])CN1C(=O)OC(C)(C)C.COC(=O)[C@@H]1C[C@@H](n2nnc(-c3ccccc3)c2-c2ccccc2)CN1C(=O)OC(C)(C)C. The van der Waals surface area contributed by atoms with E-state index in [9.17, 15) is 33.9 Å². The normalized spacial score (nSPS) is 17.8. The Morgan fingerprint density at radius 2 is 0.765 bits per heavy atom. The van der Waals surface area contributed by atoms with Gasteiger partial charge < -0.3 is 28.8 Å². The number of carboxylic acids is 1. The van der Waals surface area contributed by atoms with Gasteiger partial charge in [-0.1, -0.05) is 185 Å². The fraction of sp³-hybridized carbons (Fsp3) is 0.351. The predicted octanol–water partition coefficient (Wildman–Crippen LogP) is 13.5. The Morgan fingerprint density at radius 3 is 1.09 bits per heavy atom. The van der Waals surface area contributed by atoms with Crippen LogP contribution in [0, 0.1) is 11.8 Å². The number of aliphatic carboxylic acids is 1. The second-order valence-corrected chi connectivity index (χ2v) is 26.1. The minimum atomic E-state index is -1.07. The van der Waals surface area contributed by atoms with E-state index in [0.717, 1.165) is 50.5 Å². The molecule has 1 N–H and O–H groups in total. The summed E-state index contributed by atoms with van der Waals surface area (Å²) in [6, 6.07) is 55.6. The molecule has 0 unspecified atom stereocenters. The van der Waals surface area contributed by atoms with Gasteiger partial charge in [0, 0.05) is 70.8 Å². The highest BCUT2D eigenvalue weighted by Gasteiger charge is 2.46. The highest BCUT2D eigenvalue weighted by molar-refractivity contribution is 5.85. The molecule has 0 aliphatic carbocycles. The summed E-state index contributed by atoms with van der Waals surface area (Å²) in [6.45, 7) is 16.4. The number of nitrogens with zero attached hydrogens (tertiary/aromatic N) is 12. The third-order valence-corrected chi connectivity index (χ3v) is 15.3. The highest BCUT2D eigenvalue weighted by atomic mass is 16.6. The van der Waals surface area contributed by atoms with Crippen molar-refractivity contribution in [3.8, 4) is 56.9 Å². The lowest BCUT2D eigenvalue weighted by Crippen LogP contribution is -2.43. The van der Waals surface area contributed by atoms with Crippen LogP contribution >= 0.6 is 0 Å². The summed E-state index contributed by atoms with van der Waals surface area (Å²) in [4.78, 5) is 80.4. The maximum Gasteiger partial charge on any atom is 0.411 e. The number of carbonyl (C=O) groups excluding carboxylic acids is 5. The number of amides is 3. The van der Waals surface area contributed by atoms with E-state index in [1.54, 1.807) is 67.0 Å². The molecule has 3 aliphatic heterocycles. The van der Waals surface area contributed by atoms with Gasteiger partial charge in [-0.15, -0.1) is 10.2 Å². The maximum absolute atomic E-state index is 12.9. The van der Waals surface area contributed by atoms with E-state index in [4.69, 9.17) is 24.5 Å². The Labute approximate surface area is 570 Å². The van der Waals surface area contributed by atoms with Gasteiger partial charge in [-0.25, -0.2) is 38.1 Å². The van der Waals surface area contributed by atoms with Crippen LogP contribution in [-0.2, 0) is 38.1 Å². The van der Waals surface area contributed by atoms with Gasteiger partial charge >= 0.3 is 36.2 Å². The Morgan fingerprint density at radius 1 is 0.459 bits per heavy atom. The molecular weight excluding hydrogens is 1250 g/mol. The lowest BCUT2D eigenvalue weighted by atomic mass is 10.0. The van der Waals surface area contributed by atoms with Crippen molar-refractivity contribution in [3.05, 3.63) is 204 Å². The molecule has 3 amide bonds. The topological polar surface area (TPSA) is 289 Å². The molecule has 0 bridgehead atoms. The van der Waals surface area contributed by atoms with Crippen LogP contribution in [0.1, 0.15) is 105 Å². The molecule has 98 heavy (non-hydrogen) atoms. The van der Waals surface area contributed by atoms with Crippen molar-refractivity contribution in [2.24, 2.45) is 5.11 Å². The Bertz CT molecular complexity index is 4060. The van der Waals surface area contributed by atoms with E-state index in [1.807, 2.05) is 187 Å². The van der Waals surface area contributed by atoms with Crippen LogP contribution in [0.4, 0.5) is 14.4 Å². The van der Waals surface area contributed by atoms with Gasteiger partial charge in [0.2, 0.25) is 0 Å². The number of carboxylic acid groups (broad SMARTS) is 1. The molecule has 11 rings (SSSR count). The highest BCUT2D eigenvalue weighted by Crippen LogP contribution is 2.39. The van der Waals surface area contributed by atoms with Gasteiger partial charge in [-0.05, 0) is 98.5 Å². The number of ether oxygens (including phenoxy) is 5. The summed E-state index contributed by atoms with van der Waals surface area (Å²) in [6.07, 6.45) is -0.994. The minimum absolute atomic E-state index is 0.152. The molecule has 510 valence electrons. The molecular formula is C74H82N12O12. The minimum Gasteiger partial charge on any atom is -0.480 e. The van der Waals surface area contributed by atoms with Gasteiger partial charge in [-0.3, -0.25) is 14.7 Å². The number of hydrogen-bond acceptors (Lipinski definition) is 16. The average Bonchev–Trinajstić information content (AvgIpc) is 1.63. The number of esters is 2. The standard InChI is InChI=1S/C25H28N4O4.C24H26N4O4.C14H10.C11H18N4O4/c1-25(2,3)33-24(31)28-16-19(15-20(28)23(30)32-4)29-22(18-13-9-6-10-14-18)21(26-27-29)17-11-7-5-8-12-17;1-24(2,3)32-23(31)27-15-18(14-19(27)22(29)30)28-21(17-12-8-5-9-13-17)20(25-26-28)16-10-6-4-7-11-16;1-3-7-13(8-4-1)11-12-14-9-5-2-6-10-14;1-11(2,3)19-10(17)15-6-7(13-14-12)5-8(15)9(16)18-4/h5-14,19-20H,15-16H2,1-4H3;4-13,18-19H,14-15H2,1-3H3,(H,29,30);1-10H;7-8H,5-6H2,1-4H3/t19-,20+;18-,19+;;7-,8+/m11.1/s1. The summed E-state index contributed by atoms with van der Waals surface area (Å²) in [5, 5.41) is 31.1. The van der Waals surface area contributed by atoms with Gasteiger partial charge in [0.25, 0.3) is 0 Å². The summed E-state index contributed by atoms with van der Waals surface area (Å²) in [7, 11) is 2.57. The lowest BCUT2D eigenvalue weighted by molar-refractivity contribution is -0.146. The Balaban J connectivity index is 0.000000175. The van der Waals surface area contributed by atoms with Crippen molar-refractivity contribution in [2.75, 3.05) is 33.9 Å². The Kier molecular flexibility index (Phi) is 24.3. The molecule has 6 atom stereocenters. The largest absolute Gasteiger partial charge is 0.480 e. The first-order chi connectivity index (χ1) is 46.8. The Hall–Kier alpha value is -11.3. The van der Waals surface area contributed by atoms with Crippen LogP contribution < -0.4 is 0 Å². The van der Waals surface area contributed by atoms with Gasteiger partial charge in [0.05, 0.1) is 43.7 Å². The zero-order chi connectivity index (χ0) is 70.7. The van der Waals surface area contributed by atoms with Crippen molar-refractivity contribution >= 4 is 36.2 Å². The number of azide groups is 1. The van der Waals surface area contributed by atoms with Crippen molar-refractivity contribution in [2.45, 2.75) is 135 Å². The number of likely N-dealkylation sites (tertiary alicyclic amines) is 3. The van der Waals surface area contributed by atoms with Crippen LogP contribution in [0.5, 0.6) is 0 Å². The second-order valence-electron chi connectivity index (χ2n) is 26.1. The van der Waals surface area contributed by atoms with E-state index in [1.165, 1.54) is 28.9 Å². The zero-order valence-electron chi connectivity index (χ0n) is 56.8. The number of aromatic nitrogens is 6. The summed E-state index contributed by atoms with van der Waals surface area (Å²) in [5.41, 5.74) is 15.3. The molecule has 24 heteroatoms. The molecule has 8 aromatic rings. The molecule has 24 nitrogen and oxygen atoms in total. The third-order valence-electron chi connectivity index (χ3n) is 15.3. The quantitative estimate of drug-likeness (QED) is 0.0332. The van der Waals surface area contributed by atoms with E-state index in [2.05, 4.69) is 47.2 Å². The van der Waals surface area contributed by atoms with E-state index in [0.29, 0.717) is 12.1 Å². The van der Waals surface area contributed by atoms with Crippen LogP contribution in [0.3, 0.4) is 0 Å². The van der Waals surface area contributed by atoms with Gasteiger partial charge in [0.1, 0.15) is 46.3 Å². The van der Waals surface area contributed by atoms with Gasteiger partial charge in [-0.2, -0.15) is 0 Å². The van der Waals surface area contributed by atoms with Crippen molar-refractivity contribution in [1.29, 1.82) is 0 Å². The molecule has 6 aromatic carbocycles. The first-order valence-corrected chi connectivity index (χ1v) is 31.9. The fourth-order valence-electron chi connectivity index (χ4n) is 11.1. The molecule has 0 saturated carbocycles. The first kappa shape index (κ1) is 72.5. The molecule has 5 heterocycles. The maximum atomic E-state index is 12.9. The van der Waals surface area contributed by atoms with Crippen LogP contribution in [0.2, 0.25) is 0 Å². The van der Waals surface area contributed by atoms with Crippen molar-refractivity contribution < 1.29 is 57.6 Å². The molecule has 3 aliphatic rings. The summed E-state index contributed by atoms with van der Waals surface area (Å²) < 4.78 is 29.4. The predicted molar refractivity (Wildman–Crippen MR) is 367 cm³/mol. The summed E-state index contributed by atoms with van der Waals surface area (Å²) in [5.74, 6) is 4.14. The van der Waals surface area contributed by atoms with Crippen molar-refractivity contribution in [1.82, 2.24) is 44.7 Å². The fourth-order valence-corrected chi connectivity index (χ4v) is 11.1. The zero-order valence-corrected chi connectivity index (χ0v) is 56.8. The number of rotatable bonds is 10. The van der Waals surface area contributed by atoms with Crippen LogP contribution in [0.15, 0.2) is 187 Å². The average molecular weight is 1330 g/mol. The summed E-state index contributed by atoms with van der Waals surface area (Å²) >= 11 is 0. The van der Waals surface area contributed by atoms with E-state index < -0.39 is 77.2 Å². The van der Waals surface area contributed by atoms with E-state index >= 15 is 0 Å². The van der Waals surface area contributed by atoms with Crippen LogP contribution in [-0.4, -0.2) is 161 Å². The van der Waals surface area contributed by atoms with E-state index in [-0.39, 0.29) is 44.6 Å². The molecule has 0 radical (unpaired) electrons. The van der Waals surface area contributed by atoms with Crippen LogP contribution in [0.25, 0.3) is 55.5 Å². The van der Waals surface area contributed by atoms with Crippen molar-refractivity contribution in [3.63, 3.8) is 0 Å². The molecule has 0 spiro atoms. The second kappa shape index (κ2) is 32.9. The number of benzene rings is 6. The van der Waals surface area contributed by atoms with Gasteiger partial charge in [0.15, 0.2) is 0 Å².